The van der Waals surface area contributed by atoms with E-state index in [0.717, 1.165) is 17.0 Å². The SMILES string of the molecule is Brc1cnc(NC2CCCC3OCCC23)nc1. The van der Waals surface area contributed by atoms with Crippen molar-refractivity contribution >= 4 is 21.9 Å². The van der Waals surface area contributed by atoms with E-state index in [1.807, 2.05) is 0 Å². The Kier molecular flexibility index (Phi) is 3.29. The maximum absolute atomic E-state index is 5.76. The first-order valence-electron chi connectivity index (χ1n) is 6.18. The van der Waals surface area contributed by atoms with Gasteiger partial charge in [-0.3, -0.25) is 0 Å². The minimum Gasteiger partial charge on any atom is -0.378 e. The van der Waals surface area contributed by atoms with Crippen LogP contribution in [0.3, 0.4) is 0 Å². The lowest BCUT2D eigenvalue weighted by Gasteiger charge is -2.33. The Labute approximate surface area is 109 Å². The van der Waals surface area contributed by atoms with Crippen molar-refractivity contribution in [3.05, 3.63) is 16.9 Å². The van der Waals surface area contributed by atoms with Crippen molar-refractivity contribution in [2.24, 2.45) is 5.92 Å². The lowest BCUT2D eigenvalue weighted by atomic mass is 9.82. The van der Waals surface area contributed by atoms with Crippen LogP contribution in [0.25, 0.3) is 0 Å². The molecular weight excluding hydrogens is 282 g/mol. The predicted octanol–water partition coefficient (Wildman–Crippen LogP) is 2.61. The maximum atomic E-state index is 5.76. The van der Waals surface area contributed by atoms with E-state index in [9.17, 15) is 0 Å². The molecule has 0 spiro atoms. The summed E-state index contributed by atoms with van der Waals surface area (Å²) < 4.78 is 6.67. The van der Waals surface area contributed by atoms with Gasteiger partial charge in [0.2, 0.25) is 5.95 Å². The first-order chi connectivity index (χ1) is 8.33. The van der Waals surface area contributed by atoms with E-state index >= 15 is 0 Å². The second kappa shape index (κ2) is 4.90. The highest BCUT2D eigenvalue weighted by Gasteiger charge is 2.37. The van der Waals surface area contributed by atoms with E-state index in [1.165, 1.54) is 25.7 Å². The van der Waals surface area contributed by atoms with E-state index < -0.39 is 0 Å². The Balaban J connectivity index is 1.69. The monoisotopic (exact) mass is 297 g/mol. The number of hydrogen-bond acceptors (Lipinski definition) is 4. The molecule has 0 bridgehead atoms. The minimum absolute atomic E-state index is 0.455. The van der Waals surface area contributed by atoms with Gasteiger partial charge in [-0.05, 0) is 41.6 Å². The third kappa shape index (κ3) is 2.45. The van der Waals surface area contributed by atoms with Crippen molar-refractivity contribution in [2.75, 3.05) is 11.9 Å². The summed E-state index contributed by atoms with van der Waals surface area (Å²) in [5, 5.41) is 3.46. The molecule has 2 aliphatic rings. The Morgan fingerprint density at radius 1 is 1.24 bits per heavy atom. The van der Waals surface area contributed by atoms with E-state index in [4.69, 9.17) is 4.74 Å². The largest absolute Gasteiger partial charge is 0.378 e. The van der Waals surface area contributed by atoms with Crippen LogP contribution < -0.4 is 5.32 Å². The molecule has 2 heterocycles. The summed E-state index contributed by atoms with van der Waals surface area (Å²) in [5.41, 5.74) is 0. The van der Waals surface area contributed by atoms with Crippen LogP contribution in [-0.2, 0) is 4.74 Å². The van der Waals surface area contributed by atoms with Gasteiger partial charge in [-0.1, -0.05) is 0 Å². The quantitative estimate of drug-likeness (QED) is 0.911. The molecule has 1 aromatic rings. The number of nitrogens with zero attached hydrogens (tertiary/aromatic N) is 2. The standard InChI is InChI=1S/C12H16BrN3O/c13-8-6-14-12(15-7-8)16-10-2-1-3-11-9(10)4-5-17-11/h6-7,9-11H,1-5H2,(H,14,15,16). The van der Waals surface area contributed by atoms with Gasteiger partial charge in [-0.2, -0.15) is 0 Å². The molecule has 1 aliphatic carbocycles. The molecule has 92 valence electrons. The van der Waals surface area contributed by atoms with E-state index in [0.29, 0.717) is 18.1 Å². The fraction of sp³-hybridized carbons (Fsp3) is 0.667. The van der Waals surface area contributed by atoms with Gasteiger partial charge in [0, 0.05) is 31.0 Å². The van der Waals surface area contributed by atoms with Crippen LogP contribution >= 0.6 is 15.9 Å². The molecule has 1 saturated heterocycles. The topological polar surface area (TPSA) is 47.0 Å². The summed E-state index contributed by atoms with van der Waals surface area (Å²) in [5.74, 6) is 1.36. The average Bonchev–Trinajstić information content (AvgIpc) is 2.81. The Bertz CT molecular complexity index is 384. The van der Waals surface area contributed by atoms with Gasteiger partial charge in [0.25, 0.3) is 0 Å². The number of hydrogen-bond donors (Lipinski definition) is 1. The Morgan fingerprint density at radius 3 is 2.88 bits per heavy atom. The molecule has 0 radical (unpaired) electrons. The molecule has 2 fully saturated rings. The third-order valence-electron chi connectivity index (χ3n) is 3.72. The molecule has 17 heavy (non-hydrogen) atoms. The molecule has 1 saturated carbocycles. The number of rotatable bonds is 2. The zero-order valence-electron chi connectivity index (χ0n) is 9.60. The van der Waals surface area contributed by atoms with Crippen LogP contribution in [0.2, 0.25) is 0 Å². The van der Waals surface area contributed by atoms with E-state index in [2.05, 4.69) is 31.2 Å². The smallest absolute Gasteiger partial charge is 0.222 e. The maximum Gasteiger partial charge on any atom is 0.222 e. The summed E-state index contributed by atoms with van der Waals surface area (Å²) >= 11 is 3.34. The summed E-state index contributed by atoms with van der Waals surface area (Å²) in [6, 6.07) is 0.470. The van der Waals surface area contributed by atoms with Gasteiger partial charge in [0.15, 0.2) is 0 Å². The number of anilines is 1. The first-order valence-corrected chi connectivity index (χ1v) is 6.98. The second-order valence-electron chi connectivity index (χ2n) is 4.77. The molecule has 5 heteroatoms. The van der Waals surface area contributed by atoms with Gasteiger partial charge in [0.05, 0.1) is 10.6 Å². The number of aromatic nitrogens is 2. The first kappa shape index (κ1) is 11.4. The zero-order chi connectivity index (χ0) is 11.7. The van der Waals surface area contributed by atoms with Gasteiger partial charge >= 0.3 is 0 Å². The summed E-state index contributed by atoms with van der Waals surface area (Å²) in [4.78, 5) is 8.55. The molecule has 1 N–H and O–H groups in total. The molecular formula is C12H16BrN3O. The van der Waals surface area contributed by atoms with Crippen LogP contribution in [0.5, 0.6) is 0 Å². The fourth-order valence-electron chi connectivity index (χ4n) is 2.91. The fourth-order valence-corrected chi connectivity index (χ4v) is 3.11. The summed E-state index contributed by atoms with van der Waals surface area (Å²) in [7, 11) is 0. The Hall–Kier alpha value is -0.680. The van der Waals surface area contributed by atoms with Gasteiger partial charge < -0.3 is 10.1 Å². The van der Waals surface area contributed by atoms with Crippen molar-refractivity contribution in [3.63, 3.8) is 0 Å². The second-order valence-corrected chi connectivity index (χ2v) is 5.68. The lowest BCUT2D eigenvalue weighted by Crippen LogP contribution is -2.38. The van der Waals surface area contributed by atoms with Crippen molar-refractivity contribution in [3.8, 4) is 0 Å². The van der Waals surface area contributed by atoms with Crippen LogP contribution in [0.15, 0.2) is 16.9 Å². The Morgan fingerprint density at radius 2 is 2.06 bits per heavy atom. The highest BCUT2D eigenvalue weighted by molar-refractivity contribution is 9.10. The highest BCUT2D eigenvalue weighted by Crippen LogP contribution is 2.35. The molecule has 3 atom stereocenters. The zero-order valence-corrected chi connectivity index (χ0v) is 11.2. The third-order valence-corrected chi connectivity index (χ3v) is 4.13. The summed E-state index contributed by atoms with van der Waals surface area (Å²) in [6.07, 6.45) is 8.82. The van der Waals surface area contributed by atoms with Crippen molar-refractivity contribution in [1.82, 2.24) is 9.97 Å². The predicted molar refractivity (Wildman–Crippen MR) is 68.8 cm³/mol. The molecule has 0 amide bonds. The molecule has 0 aromatic carbocycles. The van der Waals surface area contributed by atoms with Crippen LogP contribution in [-0.4, -0.2) is 28.7 Å². The van der Waals surface area contributed by atoms with E-state index in [1.54, 1.807) is 12.4 Å². The minimum atomic E-state index is 0.455. The van der Waals surface area contributed by atoms with Gasteiger partial charge in [0.1, 0.15) is 0 Å². The van der Waals surface area contributed by atoms with Gasteiger partial charge in [-0.25, -0.2) is 9.97 Å². The molecule has 3 unspecified atom stereocenters. The number of nitrogens with one attached hydrogen (secondary N) is 1. The van der Waals surface area contributed by atoms with Crippen LogP contribution in [0.4, 0.5) is 5.95 Å². The van der Waals surface area contributed by atoms with Crippen molar-refractivity contribution in [2.45, 2.75) is 37.8 Å². The number of fused-ring (bicyclic) bond motifs is 1. The molecule has 4 nitrogen and oxygen atoms in total. The lowest BCUT2D eigenvalue weighted by molar-refractivity contribution is 0.0619. The van der Waals surface area contributed by atoms with Crippen molar-refractivity contribution < 1.29 is 4.74 Å². The van der Waals surface area contributed by atoms with Crippen molar-refractivity contribution in [1.29, 1.82) is 0 Å². The van der Waals surface area contributed by atoms with Crippen LogP contribution in [0, 0.1) is 5.92 Å². The molecule has 3 rings (SSSR count). The highest BCUT2D eigenvalue weighted by atomic mass is 79.9. The molecule has 1 aliphatic heterocycles. The van der Waals surface area contributed by atoms with E-state index in [-0.39, 0.29) is 0 Å². The normalized spacial score (nSPS) is 32.2. The van der Waals surface area contributed by atoms with Crippen LogP contribution in [0.1, 0.15) is 25.7 Å². The molecule has 1 aromatic heterocycles. The number of ether oxygens (including phenoxy) is 1. The number of halogens is 1. The average molecular weight is 298 g/mol. The summed E-state index contributed by atoms with van der Waals surface area (Å²) in [6.45, 7) is 0.911. The van der Waals surface area contributed by atoms with Gasteiger partial charge in [-0.15, -0.1) is 0 Å².